The number of benzene rings is 3. The fourth-order valence-electron chi connectivity index (χ4n) is 3.32. The molecule has 0 aliphatic heterocycles. The van der Waals surface area contributed by atoms with Gasteiger partial charge in [-0.3, -0.25) is 4.57 Å². The quantitative estimate of drug-likeness (QED) is 0.561. The van der Waals surface area contributed by atoms with E-state index in [0.29, 0.717) is 10.6 Å². The van der Waals surface area contributed by atoms with Gasteiger partial charge in [-0.2, -0.15) is 13.2 Å². The van der Waals surface area contributed by atoms with Gasteiger partial charge in [0.15, 0.2) is 0 Å². The number of rotatable bonds is 6. The first-order valence-electron chi connectivity index (χ1n) is 8.96. The molecule has 0 amide bonds. The van der Waals surface area contributed by atoms with E-state index >= 15 is 0 Å². The van der Waals surface area contributed by atoms with Crippen LogP contribution in [0.2, 0.25) is 0 Å². The highest BCUT2D eigenvalue weighted by Crippen LogP contribution is 2.50. The van der Waals surface area contributed by atoms with Crippen LogP contribution >= 0.6 is 7.29 Å². The van der Waals surface area contributed by atoms with Gasteiger partial charge in [-0.05, 0) is 36.2 Å². The molecule has 0 unspecified atom stereocenters. The molecule has 1 atom stereocenters. The summed E-state index contributed by atoms with van der Waals surface area (Å²) < 4.78 is 57.5. The van der Waals surface area contributed by atoms with Gasteiger partial charge < -0.3 is 0 Å². The smallest absolute Gasteiger partial charge is 0.296 e. The molecule has 0 radical (unpaired) electrons. The molecule has 1 N–H and O–H groups in total. The standard InChI is InChI=1S/C22H21F3NOP/c1-2-21(22(23,24)25,18-12-6-3-7-13-18)26-28(27,19-14-8-4-9-15-19)20-16-10-5-11-17-20/h3-17H,2H2,1H3,(H,26,27)/t21-/m1/s1. The van der Waals surface area contributed by atoms with Crippen LogP contribution in [0.4, 0.5) is 13.2 Å². The lowest BCUT2D eigenvalue weighted by Crippen LogP contribution is -2.54. The minimum absolute atomic E-state index is 0.0390. The van der Waals surface area contributed by atoms with Crippen LogP contribution in [0, 0.1) is 0 Å². The fraction of sp³-hybridized carbons (Fsp3) is 0.182. The summed E-state index contributed by atoms with van der Waals surface area (Å²) in [5.41, 5.74) is -2.41. The van der Waals surface area contributed by atoms with Gasteiger partial charge in [0.05, 0.1) is 0 Å². The molecular weight excluding hydrogens is 382 g/mol. The first kappa shape index (κ1) is 20.4. The van der Waals surface area contributed by atoms with E-state index < -0.39 is 19.0 Å². The van der Waals surface area contributed by atoms with Crippen molar-refractivity contribution in [3.8, 4) is 0 Å². The Morgan fingerprint density at radius 3 is 1.50 bits per heavy atom. The average Bonchev–Trinajstić information content (AvgIpc) is 2.73. The van der Waals surface area contributed by atoms with Gasteiger partial charge >= 0.3 is 6.18 Å². The summed E-state index contributed by atoms with van der Waals surface area (Å²) in [5, 5.41) is 3.28. The van der Waals surface area contributed by atoms with Crippen molar-refractivity contribution in [3.05, 3.63) is 96.6 Å². The number of hydrogen-bond donors (Lipinski definition) is 1. The van der Waals surface area contributed by atoms with Crippen molar-refractivity contribution in [2.75, 3.05) is 0 Å². The lowest BCUT2D eigenvalue weighted by molar-refractivity contribution is -0.196. The largest absolute Gasteiger partial charge is 0.411 e. The van der Waals surface area contributed by atoms with E-state index in [9.17, 15) is 17.7 Å². The number of hydrogen-bond acceptors (Lipinski definition) is 1. The molecule has 0 saturated carbocycles. The number of halogens is 3. The molecule has 146 valence electrons. The van der Waals surface area contributed by atoms with E-state index in [1.54, 1.807) is 78.9 Å². The molecule has 3 rings (SSSR count). The molecule has 0 heterocycles. The second-order valence-corrected chi connectivity index (χ2v) is 8.99. The van der Waals surface area contributed by atoms with E-state index in [2.05, 4.69) is 5.09 Å². The predicted octanol–water partition coefficient (Wildman–Crippen LogP) is 5.37. The Bertz CT molecular complexity index is 902. The van der Waals surface area contributed by atoms with E-state index in [1.807, 2.05) is 0 Å². The van der Waals surface area contributed by atoms with Crippen LogP contribution in [0.5, 0.6) is 0 Å². The van der Waals surface area contributed by atoms with E-state index in [1.165, 1.54) is 19.1 Å². The maximum Gasteiger partial charge on any atom is 0.411 e. The Balaban J connectivity index is 2.24. The zero-order valence-corrected chi connectivity index (χ0v) is 16.3. The maximum atomic E-state index is 14.4. The summed E-state index contributed by atoms with van der Waals surface area (Å²) in [4.78, 5) is 0. The molecule has 0 aliphatic carbocycles. The Hall–Kier alpha value is -2.36. The third-order valence-electron chi connectivity index (χ3n) is 4.87. The maximum absolute atomic E-state index is 14.4. The van der Waals surface area contributed by atoms with Crippen molar-refractivity contribution in [3.63, 3.8) is 0 Å². The summed E-state index contributed by atoms with van der Waals surface area (Å²) >= 11 is 0. The third kappa shape index (κ3) is 3.65. The Morgan fingerprint density at radius 2 is 1.14 bits per heavy atom. The van der Waals surface area contributed by atoms with Gasteiger partial charge in [0, 0.05) is 10.6 Å². The second-order valence-electron chi connectivity index (χ2n) is 6.51. The molecular formula is C22H21F3NOP. The zero-order valence-electron chi connectivity index (χ0n) is 15.4. The van der Waals surface area contributed by atoms with Gasteiger partial charge in [-0.25, -0.2) is 5.09 Å². The van der Waals surface area contributed by atoms with Gasteiger partial charge in [-0.15, -0.1) is 0 Å². The summed E-state index contributed by atoms with van der Waals surface area (Å²) in [5.74, 6) is 0. The first-order chi connectivity index (χ1) is 13.3. The highest BCUT2D eigenvalue weighted by atomic mass is 31.2. The molecule has 3 aromatic carbocycles. The first-order valence-corrected chi connectivity index (χ1v) is 10.7. The van der Waals surface area contributed by atoms with E-state index in [-0.39, 0.29) is 12.0 Å². The van der Waals surface area contributed by atoms with Crippen LogP contribution in [-0.4, -0.2) is 6.18 Å². The topological polar surface area (TPSA) is 29.1 Å². The molecule has 0 fully saturated rings. The zero-order chi connectivity index (χ0) is 20.3. The highest BCUT2D eigenvalue weighted by Gasteiger charge is 2.57. The molecule has 0 spiro atoms. The molecule has 0 aromatic heterocycles. The lowest BCUT2D eigenvalue weighted by Gasteiger charge is -2.39. The summed E-state index contributed by atoms with van der Waals surface area (Å²) in [7, 11) is -3.79. The average molecular weight is 403 g/mol. The molecule has 0 bridgehead atoms. The molecule has 2 nitrogen and oxygen atoms in total. The predicted molar refractivity (Wildman–Crippen MR) is 107 cm³/mol. The van der Waals surface area contributed by atoms with Gasteiger partial charge in [0.1, 0.15) is 5.54 Å². The molecule has 0 saturated heterocycles. The fourth-order valence-corrected chi connectivity index (χ4v) is 6.01. The molecule has 28 heavy (non-hydrogen) atoms. The van der Waals surface area contributed by atoms with Crippen LogP contribution in [0.15, 0.2) is 91.0 Å². The van der Waals surface area contributed by atoms with Crippen molar-refractivity contribution in [2.45, 2.75) is 25.1 Å². The van der Waals surface area contributed by atoms with Crippen molar-refractivity contribution >= 4 is 17.9 Å². The number of nitrogens with one attached hydrogen (secondary N) is 1. The van der Waals surface area contributed by atoms with Crippen molar-refractivity contribution < 1.29 is 17.7 Å². The van der Waals surface area contributed by atoms with Crippen molar-refractivity contribution in [1.82, 2.24) is 5.09 Å². The van der Waals surface area contributed by atoms with Crippen LogP contribution in [0.1, 0.15) is 18.9 Å². The van der Waals surface area contributed by atoms with Crippen LogP contribution in [0.25, 0.3) is 0 Å². The SMILES string of the molecule is CC[C@@](NP(=O)(c1ccccc1)c1ccccc1)(c1ccccc1)C(F)(F)F. The van der Waals surface area contributed by atoms with Crippen molar-refractivity contribution in [1.29, 1.82) is 0 Å². The van der Waals surface area contributed by atoms with Gasteiger partial charge in [0.25, 0.3) is 0 Å². The summed E-state index contributed by atoms with van der Waals surface area (Å²) in [6, 6.07) is 24.2. The van der Waals surface area contributed by atoms with Crippen molar-refractivity contribution in [2.24, 2.45) is 0 Å². The Morgan fingerprint density at radius 1 is 0.750 bits per heavy atom. The Kier molecular flexibility index (Phi) is 5.78. The number of alkyl halides is 3. The molecule has 3 aromatic rings. The van der Waals surface area contributed by atoms with Gasteiger partial charge in [-0.1, -0.05) is 73.7 Å². The monoisotopic (exact) mass is 403 g/mol. The minimum atomic E-state index is -4.65. The third-order valence-corrected chi connectivity index (χ3v) is 7.62. The highest BCUT2D eigenvalue weighted by molar-refractivity contribution is 7.77. The lowest BCUT2D eigenvalue weighted by atomic mass is 9.88. The second kappa shape index (κ2) is 7.94. The molecule has 0 aliphatic rings. The van der Waals surface area contributed by atoms with Gasteiger partial charge in [0.2, 0.25) is 7.29 Å². The summed E-state index contributed by atoms with van der Waals surface area (Å²) in [6.07, 6.45) is -4.95. The van der Waals surface area contributed by atoms with Crippen LogP contribution in [0.3, 0.4) is 0 Å². The Labute approximate surface area is 162 Å². The van der Waals surface area contributed by atoms with Crippen LogP contribution < -0.4 is 15.7 Å². The normalized spacial score (nSPS) is 14.4. The van der Waals surface area contributed by atoms with Crippen LogP contribution in [-0.2, 0) is 10.1 Å². The molecule has 6 heteroatoms. The minimum Gasteiger partial charge on any atom is -0.296 e. The van der Waals surface area contributed by atoms with E-state index in [0.717, 1.165) is 0 Å². The van der Waals surface area contributed by atoms with E-state index in [4.69, 9.17) is 0 Å². The summed E-state index contributed by atoms with van der Waals surface area (Å²) in [6.45, 7) is 1.45.